The predicted molar refractivity (Wildman–Crippen MR) is 139 cm³/mol. The number of aliphatic hydroxyl groups is 1. The third-order valence-electron chi connectivity index (χ3n) is 9.31. The summed E-state index contributed by atoms with van der Waals surface area (Å²) < 4.78 is 21.5. The topological polar surface area (TPSA) is 84.9 Å². The van der Waals surface area contributed by atoms with E-state index < -0.39 is 16.9 Å². The first-order chi connectivity index (χ1) is 17.1. The quantitative estimate of drug-likeness (QED) is 0.524. The van der Waals surface area contributed by atoms with Crippen LogP contribution in [0.3, 0.4) is 0 Å². The molecule has 5 nitrogen and oxygen atoms in total. The van der Waals surface area contributed by atoms with Crippen LogP contribution < -0.4 is 5.73 Å². The molecule has 4 aliphatic carbocycles. The number of ether oxygens (including phenoxy) is 1. The fraction of sp³-hybridized carbons (Fsp3) is 0.533. The van der Waals surface area contributed by atoms with Crippen molar-refractivity contribution in [3.8, 4) is 0 Å². The molecular weight excluding hydrogens is 455 g/mol. The lowest BCUT2D eigenvalue weighted by atomic mass is 9.47. The van der Waals surface area contributed by atoms with Gasteiger partial charge in [-0.2, -0.15) is 0 Å². The van der Waals surface area contributed by atoms with E-state index in [9.17, 15) is 9.90 Å². The van der Waals surface area contributed by atoms with Gasteiger partial charge in [0.15, 0.2) is 0 Å². The summed E-state index contributed by atoms with van der Waals surface area (Å²) in [6.07, 6.45) is 6.78. The normalized spacial score (nSPS) is 39.8. The minimum absolute atomic E-state index is 0.101. The number of halogens is 1. The Kier molecular flexibility index (Phi) is 6.22. The number of nitrogens with two attached hydrogens (primary N) is 1. The summed E-state index contributed by atoms with van der Waals surface area (Å²) in [5.74, 6) is -0.957. The number of aliphatic imine (C=N–C) groups is 1. The van der Waals surface area contributed by atoms with Crippen LogP contribution in [-0.2, 0) is 9.53 Å². The highest BCUT2D eigenvalue weighted by Gasteiger charge is 2.63. The van der Waals surface area contributed by atoms with E-state index >= 15 is 4.39 Å². The van der Waals surface area contributed by atoms with Crippen molar-refractivity contribution in [2.45, 2.75) is 65.6 Å². The number of nitrogens with zero attached hydrogens (tertiary/aromatic N) is 1. The fourth-order valence-corrected chi connectivity index (χ4v) is 7.81. The standard InChI is InChI=1S/C30H37FN2O3/c1-17(2)36-28(35)22-11-10-21-20-12-24(31)23-13-25(33-19-8-6-5-7-9-19)18(16-32)14-30(23,4)27(20)26(34)15-29(21,22)3/h5-9,12-13,16-17,20-22,26-27,34H,10-11,14-15,32H2,1-4H3. The lowest BCUT2D eigenvalue weighted by molar-refractivity contribution is -0.162. The fourth-order valence-electron chi connectivity index (χ4n) is 7.81. The van der Waals surface area contributed by atoms with Gasteiger partial charge in [0.1, 0.15) is 5.83 Å². The van der Waals surface area contributed by atoms with E-state index in [1.165, 1.54) is 0 Å². The average Bonchev–Trinajstić information content (AvgIpc) is 3.16. The highest BCUT2D eigenvalue weighted by molar-refractivity contribution is 6.11. The molecule has 5 rings (SSSR count). The molecule has 192 valence electrons. The Hall–Kier alpha value is -2.73. The number of aliphatic hydroxyl groups excluding tert-OH is 1. The third kappa shape index (κ3) is 3.85. The maximum atomic E-state index is 15.9. The van der Waals surface area contributed by atoms with Gasteiger partial charge in [-0.25, -0.2) is 9.38 Å². The highest BCUT2D eigenvalue weighted by atomic mass is 19.1. The maximum Gasteiger partial charge on any atom is 0.309 e. The Morgan fingerprint density at radius 2 is 1.97 bits per heavy atom. The average molecular weight is 493 g/mol. The molecule has 7 unspecified atom stereocenters. The minimum atomic E-state index is -0.673. The largest absolute Gasteiger partial charge is 0.463 e. The minimum Gasteiger partial charge on any atom is -0.463 e. The summed E-state index contributed by atoms with van der Waals surface area (Å²) in [6.45, 7) is 7.85. The van der Waals surface area contributed by atoms with Crippen molar-refractivity contribution >= 4 is 17.4 Å². The smallest absolute Gasteiger partial charge is 0.309 e. The van der Waals surface area contributed by atoms with Crippen molar-refractivity contribution in [3.05, 3.63) is 65.7 Å². The first-order valence-corrected chi connectivity index (χ1v) is 13.1. The van der Waals surface area contributed by atoms with E-state index in [4.69, 9.17) is 15.5 Å². The van der Waals surface area contributed by atoms with Crippen LogP contribution >= 0.6 is 0 Å². The van der Waals surface area contributed by atoms with Crippen LogP contribution in [0.25, 0.3) is 0 Å². The summed E-state index contributed by atoms with van der Waals surface area (Å²) in [5, 5.41) is 11.6. The Morgan fingerprint density at radius 3 is 2.64 bits per heavy atom. The zero-order valence-electron chi connectivity index (χ0n) is 21.6. The van der Waals surface area contributed by atoms with Crippen molar-refractivity contribution in [3.63, 3.8) is 0 Å². The molecule has 3 N–H and O–H groups in total. The van der Waals surface area contributed by atoms with E-state index in [1.54, 1.807) is 12.3 Å². The number of hydrogen-bond donors (Lipinski definition) is 2. The molecular formula is C30H37FN2O3. The first-order valence-electron chi connectivity index (χ1n) is 13.1. The summed E-state index contributed by atoms with van der Waals surface area (Å²) in [5.41, 5.74) is 7.89. The second-order valence-corrected chi connectivity index (χ2v) is 11.8. The van der Waals surface area contributed by atoms with Crippen molar-refractivity contribution in [1.82, 2.24) is 0 Å². The Morgan fingerprint density at radius 1 is 1.25 bits per heavy atom. The number of fused-ring (bicyclic) bond motifs is 5. The van der Waals surface area contributed by atoms with Gasteiger partial charge in [-0.1, -0.05) is 32.0 Å². The lowest BCUT2D eigenvalue weighted by Crippen LogP contribution is -2.56. The second-order valence-electron chi connectivity index (χ2n) is 11.8. The molecule has 0 radical (unpaired) electrons. The van der Waals surface area contributed by atoms with E-state index in [1.807, 2.05) is 50.3 Å². The molecule has 6 heteroatoms. The molecule has 0 saturated heterocycles. The molecule has 1 aromatic carbocycles. The molecule has 36 heavy (non-hydrogen) atoms. The van der Waals surface area contributed by atoms with Gasteiger partial charge in [0, 0.05) is 11.3 Å². The third-order valence-corrected chi connectivity index (χ3v) is 9.31. The number of para-hydroxylation sites is 1. The highest BCUT2D eigenvalue weighted by Crippen LogP contribution is 2.66. The van der Waals surface area contributed by atoms with Crippen LogP contribution in [-0.4, -0.2) is 29.0 Å². The van der Waals surface area contributed by atoms with Crippen LogP contribution in [0.1, 0.15) is 53.4 Å². The number of benzene rings is 1. The zero-order chi connectivity index (χ0) is 25.8. The monoisotopic (exact) mass is 492 g/mol. The van der Waals surface area contributed by atoms with Crippen LogP contribution in [0.2, 0.25) is 0 Å². The molecule has 2 fully saturated rings. The van der Waals surface area contributed by atoms with Gasteiger partial charge in [-0.05, 0) is 98.4 Å². The van der Waals surface area contributed by atoms with Gasteiger partial charge in [0.05, 0.1) is 29.5 Å². The van der Waals surface area contributed by atoms with Gasteiger partial charge >= 0.3 is 5.97 Å². The molecule has 0 bridgehead atoms. The van der Waals surface area contributed by atoms with Gasteiger partial charge < -0.3 is 15.6 Å². The molecule has 0 aromatic heterocycles. The van der Waals surface area contributed by atoms with Gasteiger partial charge in [0.25, 0.3) is 0 Å². The molecule has 0 spiro atoms. The molecule has 0 heterocycles. The van der Waals surface area contributed by atoms with E-state index in [2.05, 4.69) is 13.8 Å². The number of esters is 1. The predicted octanol–water partition coefficient (Wildman–Crippen LogP) is 5.79. The van der Waals surface area contributed by atoms with Crippen LogP contribution in [0.5, 0.6) is 0 Å². The van der Waals surface area contributed by atoms with Crippen LogP contribution in [0.4, 0.5) is 10.1 Å². The molecule has 7 atom stereocenters. The maximum absolute atomic E-state index is 15.9. The van der Waals surface area contributed by atoms with Gasteiger partial charge in [-0.15, -0.1) is 0 Å². The SMILES string of the molecule is CC(C)OC(=O)C1CCC2C3C=C(F)C4=CC(=Nc5ccccc5)C(=CN)CC4(C)C3C(O)CC12C. The molecule has 0 aliphatic heterocycles. The number of rotatable bonds is 3. The Balaban J connectivity index is 1.55. The molecule has 0 amide bonds. The van der Waals surface area contributed by atoms with E-state index in [0.29, 0.717) is 30.5 Å². The second kappa shape index (κ2) is 8.98. The van der Waals surface area contributed by atoms with Crippen molar-refractivity contribution in [1.29, 1.82) is 0 Å². The summed E-state index contributed by atoms with van der Waals surface area (Å²) in [6, 6.07) is 9.57. The number of carbonyl (C=O) groups is 1. The summed E-state index contributed by atoms with van der Waals surface area (Å²) in [4.78, 5) is 17.7. The van der Waals surface area contributed by atoms with Crippen LogP contribution in [0, 0.1) is 34.5 Å². The van der Waals surface area contributed by atoms with Crippen molar-refractivity contribution in [2.75, 3.05) is 0 Å². The van der Waals surface area contributed by atoms with Crippen molar-refractivity contribution in [2.24, 2.45) is 45.2 Å². The Bertz CT molecular complexity index is 1170. The van der Waals surface area contributed by atoms with Crippen molar-refractivity contribution < 1.29 is 19.0 Å². The Labute approximate surface area is 213 Å². The number of allylic oxidation sites excluding steroid dienone is 5. The number of hydrogen-bond acceptors (Lipinski definition) is 5. The summed E-state index contributed by atoms with van der Waals surface area (Å²) in [7, 11) is 0. The lowest BCUT2D eigenvalue weighted by Gasteiger charge is -2.58. The van der Waals surface area contributed by atoms with Gasteiger partial charge in [0.2, 0.25) is 0 Å². The summed E-state index contributed by atoms with van der Waals surface area (Å²) >= 11 is 0. The van der Waals surface area contributed by atoms with E-state index in [0.717, 1.165) is 17.7 Å². The molecule has 4 aliphatic rings. The van der Waals surface area contributed by atoms with E-state index in [-0.39, 0.29) is 41.6 Å². The molecule has 2 saturated carbocycles. The van der Waals surface area contributed by atoms with Crippen LogP contribution in [0.15, 0.2) is 70.6 Å². The first kappa shape index (κ1) is 24.9. The number of carbonyl (C=O) groups excluding carboxylic acids is 1. The van der Waals surface area contributed by atoms with Gasteiger partial charge in [-0.3, -0.25) is 4.79 Å². The zero-order valence-corrected chi connectivity index (χ0v) is 21.6. The molecule has 1 aromatic rings.